The molecule has 0 bridgehead atoms. The second-order valence-corrected chi connectivity index (χ2v) is 4.09. The van der Waals surface area contributed by atoms with E-state index in [4.69, 9.17) is 4.74 Å². The minimum atomic E-state index is -0.230. The van der Waals surface area contributed by atoms with Crippen molar-refractivity contribution in [2.24, 2.45) is 0 Å². The Morgan fingerprint density at radius 2 is 2.39 bits per heavy atom. The first-order valence-corrected chi connectivity index (χ1v) is 6.18. The van der Waals surface area contributed by atoms with Crippen molar-refractivity contribution in [2.45, 2.75) is 33.0 Å². The van der Waals surface area contributed by atoms with Crippen LogP contribution in [0.15, 0.2) is 12.4 Å². The third kappa shape index (κ3) is 4.85. The molecule has 1 unspecified atom stereocenters. The number of aryl methyl sites for hydroxylation is 1. The third-order valence-corrected chi connectivity index (χ3v) is 2.62. The van der Waals surface area contributed by atoms with E-state index in [0.29, 0.717) is 19.7 Å². The lowest BCUT2D eigenvalue weighted by atomic mass is 10.3. The zero-order chi connectivity index (χ0) is 13.4. The molecule has 1 aromatic rings. The standard InChI is InChI=1S/C12H22N4O2/c1-4-16-9-11(8-15-16)7-14-10(2)12(17)13-5-6-18-3/h8-10,14H,4-7H2,1-3H3,(H,13,17). The van der Waals surface area contributed by atoms with Gasteiger partial charge in [-0.3, -0.25) is 9.48 Å². The summed E-state index contributed by atoms with van der Waals surface area (Å²) < 4.78 is 6.73. The van der Waals surface area contributed by atoms with Crippen LogP contribution in [0.3, 0.4) is 0 Å². The van der Waals surface area contributed by atoms with E-state index < -0.39 is 0 Å². The number of methoxy groups -OCH3 is 1. The Balaban J connectivity index is 2.27. The molecule has 102 valence electrons. The van der Waals surface area contributed by atoms with Crippen LogP contribution in [0.5, 0.6) is 0 Å². The van der Waals surface area contributed by atoms with E-state index in [1.807, 2.05) is 30.9 Å². The van der Waals surface area contributed by atoms with Gasteiger partial charge in [-0.1, -0.05) is 0 Å². The minimum absolute atomic E-state index is 0.0186. The average Bonchev–Trinajstić information content (AvgIpc) is 2.84. The maximum Gasteiger partial charge on any atom is 0.236 e. The summed E-state index contributed by atoms with van der Waals surface area (Å²) in [4.78, 5) is 11.7. The number of nitrogens with zero attached hydrogens (tertiary/aromatic N) is 2. The zero-order valence-electron chi connectivity index (χ0n) is 11.3. The number of amides is 1. The van der Waals surface area contributed by atoms with Crippen molar-refractivity contribution < 1.29 is 9.53 Å². The van der Waals surface area contributed by atoms with Gasteiger partial charge in [-0.15, -0.1) is 0 Å². The van der Waals surface area contributed by atoms with Gasteiger partial charge in [0.25, 0.3) is 0 Å². The van der Waals surface area contributed by atoms with Crippen LogP contribution >= 0.6 is 0 Å². The molecule has 1 rings (SSSR count). The summed E-state index contributed by atoms with van der Waals surface area (Å²) in [5.74, 6) is -0.0186. The molecule has 1 aromatic heterocycles. The molecule has 0 aliphatic heterocycles. The van der Waals surface area contributed by atoms with Crippen molar-refractivity contribution in [3.63, 3.8) is 0 Å². The molecule has 0 fully saturated rings. The van der Waals surface area contributed by atoms with Crippen molar-refractivity contribution in [1.29, 1.82) is 0 Å². The Labute approximate surface area is 108 Å². The van der Waals surface area contributed by atoms with E-state index in [1.165, 1.54) is 0 Å². The van der Waals surface area contributed by atoms with E-state index in [0.717, 1.165) is 12.1 Å². The Morgan fingerprint density at radius 3 is 3.00 bits per heavy atom. The Bertz CT molecular complexity index is 365. The third-order valence-electron chi connectivity index (χ3n) is 2.62. The van der Waals surface area contributed by atoms with Gasteiger partial charge >= 0.3 is 0 Å². The summed E-state index contributed by atoms with van der Waals surface area (Å²) in [6.45, 7) is 6.44. The summed E-state index contributed by atoms with van der Waals surface area (Å²) in [5.41, 5.74) is 1.08. The molecule has 0 saturated heterocycles. The van der Waals surface area contributed by atoms with Crippen molar-refractivity contribution >= 4 is 5.91 Å². The van der Waals surface area contributed by atoms with Gasteiger partial charge in [0, 0.05) is 38.5 Å². The van der Waals surface area contributed by atoms with E-state index in [1.54, 1.807) is 7.11 Å². The van der Waals surface area contributed by atoms with E-state index in [-0.39, 0.29) is 11.9 Å². The van der Waals surface area contributed by atoms with Crippen molar-refractivity contribution in [3.05, 3.63) is 18.0 Å². The molecule has 2 N–H and O–H groups in total. The summed E-state index contributed by atoms with van der Waals surface area (Å²) in [5, 5.41) is 10.1. The summed E-state index contributed by atoms with van der Waals surface area (Å²) >= 11 is 0. The Kier molecular flexibility index (Phi) is 6.38. The molecule has 0 aliphatic rings. The average molecular weight is 254 g/mol. The SMILES string of the molecule is CCn1cc(CNC(C)C(=O)NCCOC)cn1. The number of hydrogen-bond donors (Lipinski definition) is 2. The fraction of sp³-hybridized carbons (Fsp3) is 0.667. The highest BCUT2D eigenvalue weighted by molar-refractivity contribution is 5.81. The first-order chi connectivity index (χ1) is 8.67. The van der Waals surface area contributed by atoms with Gasteiger partial charge in [-0.25, -0.2) is 0 Å². The lowest BCUT2D eigenvalue weighted by Gasteiger charge is -2.13. The molecule has 18 heavy (non-hydrogen) atoms. The van der Waals surface area contributed by atoms with E-state index >= 15 is 0 Å². The monoisotopic (exact) mass is 254 g/mol. The maximum atomic E-state index is 11.7. The van der Waals surface area contributed by atoms with Crippen molar-refractivity contribution in [1.82, 2.24) is 20.4 Å². The van der Waals surface area contributed by atoms with Crippen molar-refractivity contribution in [3.8, 4) is 0 Å². The normalized spacial score (nSPS) is 12.4. The number of aromatic nitrogens is 2. The van der Waals surface area contributed by atoms with Crippen molar-refractivity contribution in [2.75, 3.05) is 20.3 Å². The molecule has 1 atom stereocenters. The largest absolute Gasteiger partial charge is 0.383 e. The van der Waals surface area contributed by atoms with E-state index in [2.05, 4.69) is 15.7 Å². The molecule has 1 heterocycles. The molecule has 0 spiro atoms. The molecule has 0 saturated carbocycles. The van der Waals surface area contributed by atoms with Crippen LogP contribution in [0.2, 0.25) is 0 Å². The van der Waals surface area contributed by atoms with Crippen LogP contribution in [0, 0.1) is 0 Å². The van der Waals surface area contributed by atoms with Gasteiger partial charge in [0.2, 0.25) is 5.91 Å². The molecule has 6 nitrogen and oxygen atoms in total. The predicted molar refractivity (Wildman–Crippen MR) is 69.1 cm³/mol. The van der Waals surface area contributed by atoms with Gasteiger partial charge in [0.05, 0.1) is 18.8 Å². The van der Waals surface area contributed by atoms with Gasteiger partial charge in [0.15, 0.2) is 0 Å². The number of nitrogens with one attached hydrogen (secondary N) is 2. The number of hydrogen-bond acceptors (Lipinski definition) is 4. The molecule has 0 aromatic carbocycles. The fourth-order valence-electron chi connectivity index (χ4n) is 1.46. The molecule has 0 radical (unpaired) electrons. The zero-order valence-corrected chi connectivity index (χ0v) is 11.3. The first kappa shape index (κ1) is 14.7. The van der Waals surface area contributed by atoms with Gasteiger partial charge in [-0.2, -0.15) is 5.10 Å². The van der Waals surface area contributed by atoms with Crippen LogP contribution < -0.4 is 10.6 Å². The molecule has 6 heteroatoms. The van der Waals surface area contributed by atoms with Crippen LogP contribution in [0.25, 0.3) is 0 Å². The van der Waals surface area contributed by atoms with Gasteiger partial charge in [0.1, 0.15) is 0 Å². The highest BCUT2D eigenvalue weighted by atomic mass is 16.5. The quantitative estimate of drug-likeness (QED) is 0.648. The fourth-order valence-corrected chi connectivity index (χ4v) is 1.46. The molecule has 0 aliphatic carbocycles. The highest BCUT2D eigenvalue weighted by Gasteiger charge is 2.11. The topological polar surface area (TPSA) is 68.2 Å². The number of carbonyl (C=O) groups is 1. The number of carbonyl (C=O) groups excluding carboxylic acids is 1. The lowest BCUT2D eigenvalue weighted by Crippen LogP contribution is -2.42. The number of ether oxygens (including phenoxy) is 1. The Morgan fingerprint density at radius 1 is 1.61 bits per heavy atom. The van der Waals surface area contributed by atoms with Gasteiger partial charge in [-0.05, 0) is 13.8 Å². The first-order valence-electron chi connectivity index (χ1n) is 6.18. The molecular weight excluding hydrogens is 232 g/mol. The second-order valence-electron chi connectivity index (χ2n) is 4.09. The van der Waals surface area contributed by atoms with E-state index in [9.17, 15) is 4.79 Å². The highest BCUT2D eigenvalue weighted by Crippen LogP contribution is 1.97. The molecular formula is C12H22N4O2. The predicted octanol–water partition coefficient (Wildman–Crippen LogP) is 0.144. The minimum Gasteiger partial charge on any atom is -0.383 e. The Hall–Kier alpha value is -1.40. The summed E-state index contributed by atoms with van der Waals surface area (Å²) in [6, 6.07) is -0.230. The summed E-state index contributed by atoms with van der Waals surface area (Å²) in [6.07, 6.45) is 3.79. The second kappa shape index (κ2) is 7.84. The molecule has 1 amide bonds. The van der Waals surface area contributed by atoms with Crippen LogP contribution in [-0.2, 0) is 22.6 Å². The summed E-state index contributed by atoms with van der Waals surface area (Å²) in [7, 11) is 1.61. The van der Waals surface area contributed by atoms with Gasteiger partial charge < -0.3 is 15.4 Å². The number of rotatable bonds is 8. The smallest absolute Gasteiger partial charge is 0.236 e. The van der Waals surface area contributed by atoms with Crippen LogP contribution in [0.1, 0.15) is 19.4 Å². The maximum absolute atomic E-state index is 11.7. The van der Waals surface area contributed by atoms with Crippen LogP contribution in [-0.4, -0.2) is 42.0 Å². The lowest BCUT2D eigenvalue weighted by molar-refractivity contribution is -0.122. The van der Waals surface area contributed by atoms with Crippen LogP contribution in [0.4, 0.5) is 0 Å².